The van der Waals surface area contributed by atoms with Gasteiger partial charge in [-0.25, -0.2) is 4.79 Å². The number of methoxy groups -OCH3 is 1. The maximum absolute atomic E-state index is 11.7. The predicted molar refractivity (Wildman–Crippen MR) is 78.2 cm³/mol. The Morgan fingerprint density at radius 1 is 1.10 bits per heavy atom. The van der Waals surface area contributed by atoms with Crippen LogP contribution in [0.2, 0.25) is 0 Å². The third kappa shape index (κ3) is 3.38. The lowest BCUT2D eigenvalue weighted by Gasteiger charge is -2.09. The molecule has 0 heterocycles. The number of ether oxygens (including phenoxy) is 2. The lowest BCUT2D eigenvalue weighted by Crippen LogP contribution is -2.05. The highest BCUT2D eigenvalue weighted by Gasteiger charge is 2.08. The first kappa shape index (κ1) is 14.1. The number of carbonyl (C=O) groups excluding carboxylic acids is 1. The maximum atomic E-state index is 11.7. The van der Waals surface area contributed by atoms with Crippen molar-refractivity contribution in [3.63, 3.8) is 0 Å². The Balaban J connectivity index is 2.21. The molecule has 0 N–H and O–H groups in total. The van der Waals surface area contributed by atoms with Crippen LogP contribution >= 0.6 is 0 Å². The summed E-state index contributed by atoms with van der Waals surface area (Å²) in [6.07, 6.45) is 0.720. The van der Waals surface area contributed by atoms with Gasteiger partial charge in [-0.1, -0.05) is 30.3 Å². The fourth-order valence-electron chi connectivity index (χ4n) is 2.09. The van der Waals surface area contributed by atoms with Gasteiger partial charge in [0.2, 0.25) is 0 Å². The van der Waals surface area contributed by atoms with Gasteiger partial charge in [-0.15, -0.1) is 0 Å². The normalized spacial score (nSPS) is 10.1. The fourth-order valence-corrected chi connectivity index (χ4v) is 2.09. The van der Waals surface area contributed by atoms with Crippen LogP contribution in [0, 0.1) is 0 Å². The number of hydrogen-bond acceptors (Lipinski definition) is 3. The number of hydrogen-bond donors (Lipinski definition) is 0. The summed E-state index contributed by atoms with van der Waals surface area (Å²) in [4.78, 5) is 11.7. The smallest absolute Gasteiger partial charge is 0.338 e. The summed E-state index contributed by atoms with van der Waals surface area (Å²) in [6.45, 7) is 2.19. The monoisotopic (exact) mass is 270 g/mol. The van der Waals surface area contributed by atoms with Crippen molar-refractivity contribution in [3.05, 3.63) is 65.2 Å². The highest BCUT2D eigenvalue weighted by atomic mass is 16.5. The molecule has 0 bridgehead atoms. The molecular weight excluding hydrogens is 252 g/mol. The molecule has 0 aliphatic carbocycles. The molecule has 0 saturated carbocycles. The first-order chi connectivity index (χ1) is 9.74. The van der Waals surface area contributed by atoms with E-state index in [1.54, 1.807) is 20.1 Å². The van der Waals surface area contributed by atoms with E-state index in [1.165, 1.54) is 0 Å². The highest BCUT2D eigenvalue weighted by molar-refractivity contribution is 5.89. The molecule has 20 heavy (non-hydrogen) atoms. The van der Waals surface area contributed by atoms with Gasteiger partial charge in [-0.2, -0.15) is 0 Å². The fraction of sp³-hybridized carbons (Fsp3) is 0.235. The lowest BCUT2D eigenvalue weighted by molar-refractivity contribution is 0.0526. The average Bonchev–Trinajstić information content (AvgIpc) is 2.48. The van der Waals surface area contributed by atoms with E-state index in [9.17, 15) is 4.79 Å². The third-order valence-corrected chi connectivity index (χ3v) is 3.03. The van der Waals surface area contributed by atoms with E-state index in [0.717, 1.165) is 23.3 Å². The minimum absolute atomic E-state index is 0.283. The molecular formula is C17H18O3. The maximum Gasteiger partial charge on any atom is 0.338 e. The van der Waals surface area contributed by atoms with Crippen molar-refractivity contribution in [2.24, 2.45) is 0 Å². The van der Waals surface area contributed by atoms with Crippen LogP contribution in [0.4, 0.5) is 0 Å². The van der Waals surface area contributed by atoms with Gasteiger partial charge in [-0.3, -0.25) is 0 Å². The molecule has 2 aromatic rings. The number of para-hydroxylation sites is 1. The zero-order valence-corrected chi connectivity index (χ0v) is 11.8. The quantitative estimate of drug-likeness (QED) is 0.780. The van der Waals surface area contributed by atoms with Gasteiger partial charge in [0, 0.05) is 6.42 Å². The summed E-state index contributed by atoms with van der Waals surface area (Å²) in [5.41, 5.74) is 2.73. The van der Waals surface area contributed by atoms with Crippen molar-refractivity contribution in [1.82, 2.24) is 0 Å². The van der Waals surface area contributed by atoms with Gasteiger partial charge < -0.3 is 9.47 Å². The van der Waals surface area contributed by atoms with Crippen LogP contribution in [0.25, 0.3) is 0 Å². The molecule has 0 saturated heterocycles. The van der Waals surface area contributed by atoms with E-state index in [2.05, 4.69) is 0 Å². The van der Waals surface area contributed by atoms with Crippen molar-refractivity contribution in [1.29, 1.82) is 0 Å². The molecule has 104 valence electrons. The van der Waals surface area contributed by atoms with Gasteiger partial charge in [0.1, 0.15) is 5.75 Å². The van der Waals surface area contributed by atoms with Crippen LogP contribution in [0.3, 0.4) is 0 Å². The number of carbonyl (C=O) groups is 1. The topological polar surface area (TPSA) is 35.5 Å². The summed E-state index contributed by atoms with van der Waals surface area (Å²) in [6, 6.07) is 15.4. The van der Waals surface area contributed by atoms with Gasteiger partial charge in [0.25, 0.3) is 0 Å². The van der Waals surface area contributed by atoms with E-state index >= 15 is 0 Å². The molecule has 3 heteroatoms. The molecule has 0 aromatic heterocycles. The summed E-state index contributed by atoms with van der Waals surface area (Å²) < 4.78 is 10.4. The minimum Gasteiger partial charge on any atom is -0.496 e. The van der Waals surface area contributed by atoms with Crippen molar-refractivity contribution in [3.8, 4) is 5.75 Å². The first-order valence-corrected chi connectivity index (χ1v) is 6.62. The molecule has 0 spiro atoms. The van der Waals surface area contributed by atoms with Crippen molar-refractivity contribution < 1.29 is 14.3 Å². The average molecular weight is 270 g/mol. The molecule has 0 amide bonds. The Labute approximate surface area is 119 Å². The molecule has 0 radical (unpaired) electrons. The Morgan fingerprint density at radius 2 is 1.90 bits per heavy atom. The Bertz CT molecular complexity index is 590. The van der Waals surface area contributed by atoms with Gasteiger partial charge in [0.05, 0.1) is 19.3 Å². The molecule has 2 rings (SSSR count). The summed E-state index contributed by atoms with van der Waals surface area (Å²) in [5, 5.41) is 0. The summed E-state index contributed by atoms with van der Waals surface area (Å²) in [7, 11) is 1.66. The largest absolute Gasteiger partial charge is 0.496 e. The van der Waals surface area contributed by atoms with Crippen LogP contribution in [-0.2, 0) is 11.2 Å². The molecule has 0 unspecified atom stereocenters. The molecule has 2 aromatic carbocycles. The molecule has 0 aliphatic rings. The van der Waals surface area contributed by atoms with Crippen LogP contribution in [0.15, 0.2) is 48.5 Å². The number of rotatable bonds is 5. The molecule has 0 fully saturated rings. The van der Waals surface area contributed by atoms with Crippen molar-refractivity contribution in [2.75, 3.05) is 13.7 Å². The van der Waals surface area contributed by atoms with Gasteiger partial charge in [0.15, 0.2) is 0 Å². The summed E-state index contributed by atoms with van der Waals surface area (Å²) in [5.74, 6) is 0.573. The van der Waals surface area contributed by atoms with Crippen LogP contribution in [0.1, 0.15) is 28.4 Å². The van der Waals surface area contributed by atoms with E-state index < -0.39 is 0 Å². The van der Waals surface area contributed by atoms with E-state index in [4.69, 9.17) is 9.47 Å². The number of esters is 1. The van der Waals surface area contributed by atoms with E-state index in [-0.39, 0.29) is 5.97 Å². The van der Waals surface area contributed by atoms with Crippen molar-refractivity contribution in [2.45, 2.75) is 13.3 Å². The second-order valence-electron chi connectivity index (χ2n) is 4.41. The molecule has 0 atom stereocenters. The molecule has 3 nitrogen and oxygen atoms in total. The second-order valence-corrected chi connectivity index (χ2v) is 4.41. The van der Waals surface area contributed by atoms with Crippen LogP contribution < -0.4 is 4.74 Å². The van der Waals surface area contributed by atoms with E-state index in [0.29, 0.717) is 12.2 Å². The standard InChI is InChI=1S/C17H18O3/c1-3-20-17(18)15-9-6-7-13(12-15)11-14-8-4-5-10-16(14)19-2/h4-10,12H,3,11H2,1-2H3. The molecule has 0 aliphatic heterocycles. The predicted octanol–water partition coefficient (Wildman–Crippen LogP) is 3.46. The van der Waals surface area contributed by atoms with Gasteiger partial charge in [-0.05, 0) is 36.2 Å². The Morgan fingerprint density at radius 3 is 2.65 bits per heavy atom. The first-order valence-electron chi connectivity index (χ1n) is 6.62. The third-order valence-electron chi connectivity index (χ3n) is 3.03. The highest BCUT2D eigenvalue weighted by Crippen LogP contribution is 2.21. The van der Waals surface area contributed by atoms with Crippen molar-refractivity contribution >= 4 is 5.97 Å². The van der Waals surface area contributed by atoms with Crippen LogP contribution in [0.5, 0.6) is 5.75 Å². The van der Waals surface area contributed by atoms with E-state index in [1.807, 2.05) is 42.5 Å². The summed E-state index contributed by atoms with van der Waals surface area (Å²) >= 11 is 0. The SMILES string of the molecule is CCOC(=O)c1cccc(Cc2ccccc2OC)c1. The van der Waals surface area contributed by atoms with Crippen LogP contribution in [-0.4, -0.2) is 19.7 Å². The second kappa shape index (κ2) is 6.75. The van der Waals surface area contributed by atoms with Gasteiger partial charge >= 0.3 is 5.97 Å². The Hall–Kier alpha value is -2.29. The minimum atomic E-state index is -0.283. The lowest BCUT2D eigenvalue weighted by atomic mass is 10.0. The zero-order valence-electron chi connectivity index (χ0n) is 11.8. The zero-order chi connectivity index (χ0) is 14.4. The Kier molecular flexibility index (Phi) is 4.77. The number of benzene rings is 2.